The first kappa shape index (κ1) is 20.7. The minimum atomic E-state index is -3.40. The monoisotopic (exact) mass is 417 g/mol. The van der Waals surface area contributed by atoms with E-state index in [0.717, 1.165) is 17.4 Å². The number of ether oxygens (including phenoxy) is 2. The molecule has 0 fully saturated rings. The van der Waals surface area contributed by atoms with Gasteiger partial charge >= 0.3 is 0 Å². The molecule has 1 N–H and O–H groups in total. The smallest absolute Gasteiger partial charge is 0.240 e. The lowest BCUT2D eigenvalue weighted by molar-refractivity contribution is -0.130. The molecular formula is C20H23N3O5S. The lowest BCUT2D eigenvalue weighted by Gasteiger charge is -2.22. The Labute approximate surface area is 170 Å². The zero-order chi connectivity index (χ0) is 21.2. The number of nitrogens with one attached hydrogen (secondary N) is 1. The third-order valence-corrected chi connectivity index (χ3v) is 5.13. The second-order valence-electron chi connectivity index (χ2n) is 6.69. The molecule has 9 heteroatoms. The van der Waals surface area contributed by atoms with Gasteiger partial charge in [-0.1, -0.05) is 12.1 Å². The number of anilines is 1. The Morgan fingerprint density at radius 3 is 2.55 bits per heavy atom. The molecule has 0 radical (unpaired) electrons. The number of rotatable bonds is 6. The van der Waals surface area contributed by atoms with E-state index in [1.54, 1.807) is 44.6 Å². The van der Waals surface area contributed by atoms with Gasteiger partial charge in [0.2, 0.25) is 15.9 Å². The largest absolute Gasteiger partial charge is 0.497 e. The van der Waals surface area contributed by atoms with Crippen LogP contribution in [0.15, 0.2) is 47.6 Å². The van der Waals surface area contributed by atoms with Crippen molar-refractivity contribution in [2.75, 3.05) is 25.2 Å². The first-order valence-electron chi connectivity index (χ1n) is 8.89. The normalized spacial score (nSPS) is 16.3. The summed E-state index contributed by atoms with van der Waals surface area (Å²) in [5.74, 6) is 1.07. The highest BCUT2D eigenvalue weighted by atomic mass is 32.2. The number of benzene rings is 2. The van der Waals surface area contributed by atoms with Crippen molar-refractivity contribution in [3.8, 4) is 11.5 Å². The quantitative estimate of drug-likeness (QED) is 0.779. The summed E-state index contributed by atoms with van der Waals surface area (Å²) in [7, 11) is -0.252. The summed E-state index contributed by atoms with van der Waals surface area (Å²) in [5.41, 5.74) is 2.62. The van der Waals surface area contributed by atoms with Crippen molar-refractivity contribution >= 4 is 27.3 Å². The molecule has 0 saturated carbocycles. The second kappa shape index (κ2) is 8.12. The van der Waals surface area contributed by atoms with Gasteiger partial charge in [0.25, 0.3) is 0 Å². The van der Waals surface area contributed by atoms with Crippen LogP contribution >= 0.6 is 0 Å². The molecule has 8 nitrogen and oxygen atoms in total. The van der Waals surface area contributed by atoms with Crippen molar-refractivity contribution < 1.29 is 22.7 Å². The van der Waals surface area contributed by atoms with Gasteiger partial charge in [0.05, 0.1) is 32.2 Å². The SMILES string of the molecule is COc1ccc(OC)c(C2CC(c3cccc(NS(C)(=O)=O)c3)=NN2C(C)=O)c1. The lowest BCUT2D eigenvalue weighted by Crippen LogP contribution is -2.24. The van der Waals surface area contributed by atoms with Crippen molar-refractivity contribution in [1.82, 2.24) is 5.01 Å². The van der Waals surface area contributed by atoms with Crippen molar-refractivity contribution in [2.45, 2.75) is 19.4 Å². The van der Waals surface area contributed by atoms with Crippen LogP contribution in [0.2, 0.25) is 0 Å². The van der Waals surface area contributed by atoms with E-state index in [4.69, 9.17) is 9.47 Å². The first-order valence-corrected chi connectivity index (χ1v) is 10.8. The van der Waals surface area contributed by atoms with E-state index < -0.39 is 10.0 Å². The number of carbonyl (C=O) groups excluding carboxylic acids is 1. The number of nitrogens with zero attached hydrogens (tertiary/aromatic N) is 2. The molecule has 1 heterocycles. The molecule has 0 aromatic heterocycles. The topological polar surface area (TPSA) is 97.3 Å². The van der Waals surface area contributed by atoms with Gasteiger partial charge in [0.1, 0.15) is 11.5 Å². The van der Waals surface area contributed by atoms with Crippen molar-refractivity contribution in [1.29, 1.82) is 0 Å². The van der Waals surface area contributed by atoms with Crippen LogP contribution in [0.4, 0.5) is 5.69 Å². The molecule has 2 aromatic rings. The number of methoxy groups -OCH3 is 2. The van der Waals surface area contributed by atoms with Gasteiger partial charge < -0.3 is 9.47 Å². The van der Waals surface area contributed by atoms with Crippen molar-refractivity contribution in [3.63, 3.8) is 0 Å². The van der Waals surface area contributed by atoms with E-state index in [9.17, 15) is 13.2 Å². The standard InChI is InChI=1S/C20H23N3O5S/c1-13(24)23-19(17-11-16(27-2)8-9-20(17)28-3)12-18(21-23)14-6-5-7-15(10-14)22-29(4,25)26/h5-11,19,22H,12H2,1-4H3. The molecule has 0 saturated heterocycles. The zero-order valence-corrected chi connectivity index (χ0v) is 17.5. The first-order chi connectivity index (χ1) is 13.7. The average molecular weight is 417 g/mol. The number of hydrazone groups is 1. The van der Waals surface area contributed by atoms with Gasteiger partial charge in [-0.2, -0.15) is 5.10 Å². The maximum absolute atomic E-state index is 12.3. The van der Waals surface area contributed by atoms with E-state index >= 15 is 0 Å². The summed E-state index contributed by atoms with van der Waals surface area (Å²) in [6.07, 6.45) is 1.54. The predicted octanol–water partition coefficient (Wildman–Crippen LogP) is 2.77. The molecule has 1 aliphatic rings. The summed E-state index contributed by atoms with van der Waals surface area (Å²) in [4.78, 5) is 12.3. The molecular weight excluding hydrogens is 394 g/mol. The Morgan fingerprint density at radius 2 is 1.93 bits per heavy atom. The van der Waals surface area contributed by atoms with Crippen LogP contribution < -0.4 is 14.2 Å². The fourth-order valence-electron chi connectivity index (χ4n) is 3.29. The summed E-state index contributed by atoms with van der Waals surface area (Å²) in [6.45, 7) is 1.45. The molecule has 154 valence electrons. The number of hydrogen-bond donors (Lipinski definition) is 1. The van der Waals surface area contributed by atoms with Crippen molar-refractivity contribution in [2.24, 2.45) is 5.10 Å². The van der Waals surface area contributed by atoms with Gasteiger partial charge in [-0.05, 0) is 35.9 Å². The minimum absolute atomic E-state index is 0.208. The van der Waals surface area contributed by atoms with Crippen LogP contribution in [-0.4, -0.2) is 45.5 Å². The highest BCUT2D eigenvalue weighted by molar-refractivity contribution is 7.92. The van der Waals surface area contributed by atoms with E-state index in [2.05, 4.69) is 9.82 Å². The molecule has 3 rings (SSSR count). The predicted molar refractivity (Wildman–Crippen MR) is 111 cm³/mol. The molecule has 0 aliphatic carbocycles. The third-order valence-electron chi connectivity index (χ3n) is 4.53. The highest BCUT2D eigenvalue weighted by Crippen LogP contribution is 2.39. The molecule has 1 aliphatic heterocycles. The highest BCUT2D eigenvalue weighted by Gasteiger charge is 2.33. The summed E-state index contributed by atoms with van der Waals surface area (Å²) < 4.78 is 36.3. The molecule has 1 atom stereocenters. The van der Waals surface area contributed by atoms with Crippen LogP contribution in [0.5, 0.6) is 11.5 Å². The van der Waals surface area contributed by atoms with Gasteiger partial charge in [0.15, 0.2) is 0 Å². The Hall–Kier alpha value is -3.07. The zero-order valence-electron chi connectivity index (χ0n) is 16.7. The Morgan fingerprint density at radius 1 is 1.17 bits per heavy atom. The summed E-state index contributed by atoms with van der Waals surface area (Å²) in [6, 6.07) is 12.0. The number of carbonyl (C=O) groups is 1. The van der Waals surface area contributed by atoms with E-state index in [1.807, 2.05) is 12.1 Å². The molecule has 2 aromatic carbocycles. The van der Waals surface area contributed by atoms with Crippen LogP contribution in [0.1, 0.15) is 30.5 Å². The van der Waals surface area contributed by atoms with Crippen LogP contribution in [-0.2, 0) is 14.8 Å². The third kappa shape index (κ3) is 4.68. The van der Waals surface area contributed by atoms with E-state index in [0.29, 0.717) is 29.3 Å². The Bertz CT molecular complexity index is 1070. The minimum Gasteiger partial charge on any atom is -0.497 e. The maximum atomic E-state index is 12.3. The molecule has 0 bridgehead atoms. The Balaban J connectivity index is 1.98. The van der Waals surface area contributed by atoms with Gasteiger partial charge in [-0.25, -0.2) is 13.4 Å². The number of sulfonamides is 1. The Kier molecular flexibility index (Phi) is 5.78. The van der Waals surface area contributed by atoms with E-state index in [-0.39, 0.29) is 11.9 Å². The fraction of sp³-hybridized carbons (Fsp3) is 0.300. The fourth-order valence-corrected chi connectivity index (χ4v) is 3.85. The average Bonchev–Trinajstić information content (AvgIpc) is 3.12. The molecule has 0 spiro atoms. The van der Waals surface area contributed by atoms with Crippen molar-refractivity contribution in [3.05, 3.63) is 53.6 Å². The maximum Gasteiger partial charge on any atom is 0.240 e. The summed E-state index contributed by atoms with van der Waals surface area (Å²) >= 11 is 0. The summed E-state index contributed by atoms with van der Waals surface area (Å²) in [5, 5.41) is 5.93. The number of amides is 1. The second-order valence-corrected chi connectivity index (χ2v) is 8.44. The molecule has 1 unspecified atom stereocenters. The molecule has 29 heavy (non-hydrogen) atoms. The van der Waals surface area contributed by atoms with Crippen LogP contribution in [0.3, 0.4) is 0 Å². The van der Waals surface area contributed by atoms with Gasteiger partial charge in [-0.15, -0.1) is 0 Å². The number of hydrogen-bond acceptors (Lipinski definition) is 6. The lowest BCUT2D eigenvalue weighted by atomic mass is 9.97. The van der Waals surface area contributed by atoms with E-state index in [1.165, 1.54) is 11.9 Å². The van der Waals surface area contributed by atoms with Gasteiger partial charge in [-0.3, -0.25) is 9.52 Å². The van der Waals surface area contributed by atoms with Gasteiger partial charge in [0, 0.05) is 24.6 Å². The molecule has 1 amide bonds. The van der Waals surface area contributed by atoms with Crippen LogP contribution in [0, 0.1) is 0 Å². The van der Waals surface area contributed by atoms with Crippen LogP contribution in [0.25, 0.3) is 0 Å².